The van der Waals surface area contributed by atoms with Crippen LogP contribution in [-0.2, 0) is 23.4 Å². The van der Waals surface area contributed by atoms with Crippen LogP contribution in [0.4, 0.5) is 0 Å². The van der Waals surface area contributed by atoms with E-state index in [0.717, 1.165) is 17.7 Å². The predicted molar refractivity (Wildman–Crippen MR) is 126 cm³/mol. The molecule has 1 aliphatic heterocycles. The van der Waals surface area contributed by atoms with Crippen molar-refractivity contribution in [2.45, 2.75) is 63.9 Å². The second-order valence-corrected chi connectivity index (χ2v) is 10.1. The van der Waals surface area contributed by atoms with Crippen LogP contribution in [0.3, 0.4) is 0 Å². The maximum absolute atomic E-state index is 13.8. The number of nitrogens with zero attached hydrogens (tertiary/aromatic N) is 1. The van der Waals surface area contributed by atoms with Gasteiger partial charge in [0.05, 0.1) is 16.8 Å². The molecule has 198 valence electrons. The summed E-state index contributed by atoms with van der Waals surface area (Å²) in [5.74, 6) is -0.827. The third-order valence-corrected chi connectivity index (χ3v) is 6.55. The van der Waals surface area contributed by atoms with E-state index in [2.05, 4.69) is 10.1 Å². The highest BCUT2D eigenvalue weighted by Gasteiger charge is 2.54. The first-order valence-corrected chi connectivity index (χ1v) is 12.5. The van der Waals surface area contributed by atoms with Crippen molar-refractivity contribution in [2.75, 3.05) is 6.56 Å². The molecule has 6 atom stereocenters. The molecule has 13 nitrogen and oxygen atoms in total. The van der Waals surface area contributed by atoms with E-state index in [4.69, 9.17) is 28.0 Å². The van der Waals surface area contributed by atoms with Crippen molar-refractivity contribution in [2.24, 2.45) is 0 Å². The molecule has 2 heterocycles. The van der Waals surface area contributed by atoms with Gasteiger partial charge in [-0.15, -0.1) is 0 Å². The SMILES string of the molecule is [2H]c1cn([C@@H]2O[C@H](C([2H])([2H])O[P@](=O)(N[C@@H](C)C(=O)OC(C)C)Oc3ccccc3)[C@@H](O)[C@@]2(C)O)c(=N)[nH]c1=O. The largest absolute Gasteiger partial charge is 0.462 e. The highest BCUT2D eigenvalue weighted by atomic mass is 31.2. The molecular formula is C22H31N4O9P. The number of aromatic nitrogens is 2. The van der Waals surface area contributed by atoms with E-state index in [-0.39, 0.29) is 5.75 Å². The summed E-state index contributed by atoms with van der Waals surface area (Å²) in [5, 5.41) is 32.1. The molecule has 0 aliphatic carbocycles. The third-order valence-electron chi connectivity index (χ3n) is 5.05. The van der Waals surface area contributed by atoms with Gasteiger partial charge in [-0.05, 0) is 39.8 Å². The maximum Gasteiger partial charge on any atom is 0.459 e. The number of carbonyl (C=O) groups is 1. The molecule has 1 aromatic carbocycles. The minimum Gasteiger partial charge on any atom is -0.462 e. The lowest BCUT2D eigenvalue weighted by atomic mass is 9.96. The van der Waals surface area contributed by atoms with Crippen LogP contribution in [-0.4, -0.2) is 62.2 Å². The Hall–Kier alpha value is -2.80. The molecule has 1 fully saturated rings. The van der Waals surface area contributed by atoms with Crippen molar-refractivity contribution in [1.82, 2.24) is 14.6 Å². The van der Waals surface area contributed by atoms with Gasteiger partial charge in [0, 0.05) is 12.2 Å². The zero-order chi connectivity index (χ0) is 29.3. The lowest BCUT2D eigenvalue weighted by Crippen LogP contribution is -2.47. The fourth-order valence-electron chi connectivity index (χ4n) is 3.27. The Labute approximate surface area is 211 Å². The summed E-state index contributed by atoms with van der Waals surface area (Å²) in [5.41, 5.74) is -3.77. The first kappa shape index (κ1) is 23.6. The second-order valence-electron chi connectivity index (χ2n) is 8.51. The highest BCUT2D eigenvalue weighted by Crippen LogP contribution is 2.46. The fourth-order valence-corrected chi connectivity index (χ4v) is 4.63. The number of rotatable bonds is 10. The maximum atomic E-state index is 13.8. The van der Waals surface area contributed by atoms with E-state index < -0.39 is 73.7 Å². The second kappa shape index (κ2) is 11.1. The normalized spacial score (nSPS) is 28.0. The molecule has 0 bridgehead atoms. The Balaban J connectivity index is 1.94. The van der Waals surface area contributed by atoms with Crippen LogP contribution in [0.15, 0.2) is 47.4 Å². The third kappa shape index (κ3) is 6.49. The van der Waals surface area contributed by atoms with Crippen LogP contribution in [0.25, 0.3) is 0 Å². The van der Waals surface area contributed by atoms with Gasteiger partial charge in [0.15, 0.2) is 6.23 Å². The number of hydrogen-bond acceptors (Lipinski definition) is 10. The Morgan fingerprint density at radius 2 is 2.08 bits per heavy atom. The predicted octanol–water partition coefficient (Wildman–Crippen LogP) is 0.799. The molecule has 36 heavy (non-hydrogen) atoms. The number of H-pyrrole nitrogens is 1. The van der Waals surface area contributed by atoms with Crippen molar-refractivity contribution >= 4 is 13.7 Å². The number of para-hydroxylation sites is 1. The standard InChI is InChI=1S/C22H31N4O9P/c1-13(2)33-19(29)14(3)25-36(31,35-15-8-6-5-7-9-15)32-12-16-18(28)22(4,30)20(34-16)26-11-10-17(27)24-21(26)23/h5-11,13-14,16,18,20,28,30H,12H2,1-4H3,(H,25,31)(H2,23,24,27)/t14-,16+,18+,20+,22+,36+/m0/s1/i10D,12D2. The highest BCUT2D eigenvalue weighted by molar-refractivity contribution is 7.52. The summed E-state index contributed by atoms with van der Waals surface area (Å²) in [6, 6.07) is 5.69. The van der Waals surface area contributed by atoms with Crippen LogP contribution in [0.1, 0.15) is 38.0 Å². The summed E-state index contributed by atoms with van der Waals surface area (Å²) < 4.78 is 60.7. The molecule has 0 radical (unpaired) electrons. The van der Waals surface area contributed by atoms with Crippen LogP contribution in [0, 0.1) is 5.41 Å². The number of benzene rings is 1. The summed E-state index contributed by atoms with van der Waals surface area (Å²) in [6.45, 7) is 2.45. The number of ether oxygens (including phenoxy) is 2. The van der Waals surface area contributed by atoms with Crippen molar-refractivity contribution in [3.8, 4) is 5.75 Å². The number of aliphatic hydroxyl groups is 2. The van der Waals surface area contributed by atoms with Crippen LogP contribution in [0.2, 0.25) is 0 Å². The summed E-state index contributed by atoms with van der Waals surface area (Å²) in [4.78, 5) is 26.1. The average molecular weight is 530 g/mol. The molecule has 3 rings (SSSR count). The zero-order valence-corrected chi connectivity index (χ0v) is 20.9. The quantitative estimate of drug-likeness (QED) is 0.218. The van der Waals surface area contributed by atoms with Gasteiger partial charge in [-0.1, -0.05) is 18.2 Å². The Morgan fingerprint density at radius 3 is 2.72 bits per heavy atom. The Bertz CT molecular complexity index is 1350. The van der Waals surface area contributed by atoms with E-state index in [1.165, 1.54) is 19.1 Å². The molecule has 0 spiro atoms. The first-order chi connectivity index (χ1) is 18.0. The molecule has 0 amide bonds. The molecule has 2 aromatic rings. The summed E-state index contributed by atoms with van der Waals surface area (Å²) in [6.07, 6.45) is -5.36. The zero-order valence-electron chi connectivity index (χ0n) is 23.0. The van der Waals surface area contributed by atoms with Crippen LogP contribution in [0.5, 0.6) is 5.75 Å². The van der Waals surface area contributed by atoms with Crippen molar-refractivity contribution in [3.05, 3.63) is 58.5 Å². The summed E-state index contributed by atoms with van der Waals surface area (Å²) >= 11 is 0. The van der Waals surface area contributed by atoms with Gasteiger partial charge in [-0.3, -0.25) is 29.1 Å². The average Bonchev–Trinajstić information content (AvgIpc) is 3.05. The van der Waals surface area contributed by atoms with Gasteiger partial charge < -0.3 is 24.2 Å². The number of esters is 1. The van der Waals surface area contributed by atoms with E-state index in [0.29, 0.717) is 0 Å². The van der Waals surface area contributed by atoms with Gasteiger partial charge in [0.2, 0.25) is 5.62 Å². The van der Waals surface area contributed by atoms with Crippen LogP contribution < -0.4 is 20.8 Å². The molecule has 14 heteroatoms. The summed E-state index contributed by atoms with van der Waals surface area (Å²) in [7, 11) is -4.77. The van der Waals surface area contributed by atoms with Crippen molar-refractivity contribution < 1.29 is 42.2 Å². The Morgan fingerprint density at radius 1 is 1.42 bits per heavy atom. The topological polar surface area (TPSA) is 185 Å². The molecule has 0 saturated carbocycles. The van der Waals surface area contributed by atoms with E-state index in [9.17, 15) is 24.4 Å². The number of aromatic amines is 1. The van der Waals surface area contributed by atoms with Gasteiger partial charge in [0.25, 0.3) is 5.56 Å². The van der Waals surface area contributed by atoms with Gasteiger partial charge >= 0.3 is 13.7 Å². The minimum absolute atomic E-state index is 0.00283. The molecule has 1 aromatic heterocycles. The van der Waals surface area contributed by atoms with E-state index in [1.54, 1.807) is 32.0 Å². The fraction of sp³-hybridized carbons (Fsp3) is 0.500. The van der Waals surface area contributed by atoms with Crippen LogP contribution >= 0.6 is 7.75 Å². The molecule has 5 N–H and O–H groups in total. The minimum atomic E-state index is -4.77. The number of hydrogen-bond donors (Lipinski definition) is 5. The molecule has 1 saturated heterocycles. The lowest BCUT2D eigenvalue weighted by Gasteiger charge is -2.28. The van der Waals surface area contributed by atoms with Gasteiger partial charge in [-0.25, -0.2) is 4.57 Å². The van der Waals surface area contributed by atoms with Crippen molar-refractivity contribution in [1.29, 1.82) is 5.41 Å². The molecule has 0 unspecified atom stereocenters. The van der Waals surface area contributed by atoms with E-state index in [1.807, 2.05) is 0 Å². The number of nitrogens with one attached hydrogen (secondary N) is 3. The Kier molecular flexibility index (Phi) is 7.26. The number of aliphatic hydroxyl groups excluding tert-OH is 1. The smallest absolute Gasteiger partial charge is 0.459 e. The van der Waals surface area contributed by atoms with Gasteiger partial charge in [-0.2, -0.15) is 5.09 Å². The van der Waals surface area contributed by atoms with E-state index >= 15 is 0 Å². The lowest BCUT2D eigenvalue weighted by molar-refractivity contribution is -0.149. The molecule has 1 aliphatic rings. The molecular weight excluding hydrogens is 495 g/mol. The van der Waals surface area contributed by atoms with Gasteiger partial charge in [0.1, 0.15) is 29.6 Å². The first-order valence-electron chi connectivity index (χ1n) is 12.4. The monoisotopic (exact) mass is 529 g/mol. The number of carbonyl (C=O) groups excluding carboxylic acids is 1. The van der Waals surface area contributed by atoms with Crippen molar-refractivity contribution in [3.63, 3.8) is 0 Å².